The Balaban J connectivity index is 2.44. The lowest BCUT2D eigenvalue weighted by atomic mass is 10.3. The molecule has 1 saturated heterocycles. The largest absolute Gasteiger partial charge is 0.495 e. The highest BCUT2D eigenvalue weighted by molar-refractivity contribution is 7.89. The molecule has 106 valence electrons. The molecule has 0 aliphatic carbocycles. The predicted molar refractivity (Wildman–Crippen MR) is 74.2 cm³/mol. The lowest BCUT2D eigenvalue weighted by molar-refractivity contribution is 0.282. The summed E-state index contributed by atoms with van der Waals surface area (Å²) in [5.41, 5.74) is 0. The van der Waals surface area contributed by atoms with E-state index >= 15 is 0 Å². The fourth-order valence-electron chi connectivity index (χ4n) is 2.16. The van der Waals surface area contributed by atoms with Crippen LogP contribution in [0.3, 0.4) is 0 Å². The Kier molecular flexibility index (Phi) is 4.35. The Hall–Kier alpha value is -0.820. The summed E-state index contributed by atoms with van der Waals surface area (Å²) in [6.45, 7) is 3.63. The first kappa shape index (κ1) is 14.6. The fourth-order valence-corrected chi connectivity index (χ4v) is 4.09. The zero-order valence-corrected chi connectivity index (χ0v) is 12.5. The SMILES string of the molecule is COc1cc(Cl)ccc1S(=O)(=O)N1CCNC[C@H]1C. The van der Waals surface area contributed by atoms with Crippen molar-refractivity contribution in [2.24, 2.45) is 0 Å². The maximum Gasteiger partial charge on any atom is 0.247 e. The third kappa shape index (κ3) is 2.86. The maximum absolute atomic E-state index is 12.7. The molecule has 7 heteroatoms. The highest BCUT2D eigenvalue weighted by Gasteiger charge is 2.32. The lowest BCUT2D eigenvalue weighted by Crippen LogP contribution is -2.52. The molecule has 1 aliphatic heterocycles. The molecular weight excluding hydrogens is 288 g/mol. The number of ether oxygens (including phenoxy) is 1. The molecule has 0 spiro atoms. The van der Waals surface area contributed by atoms with E-state index < -0.39 is 10.0 Å². The van der Waals surface area contributed by atoms with Crippen LogP contribution in [0, 0.1) is 0 Å². The summed E-state index contributed by atoms with van der Waals surface area (Å²) in [6.07, 6.45) is 0. The molecule has 5 nitrogen and oxygen atoms in total. The third-order valence-electron chi connectivity index (χ3n) is 3.15. The zero-order valence-electron chi connectivity index (χ0n) is 10.9. The number of sulfonamides is 1. The van der Waals surface area contributed by atoms with Crippen LogP contribution in [0.15, 0.2) is 23.1 Å². The van der Waals surface area contributed by atoms with Crippen molar-refractivity contribution in [1.82, 2.24) is 9.62 Å². The van der Waals surface area contributed by atoms with Gasteiger partial charge in [0.25, 0.3) is 0 Å². The zero-order chi connectivity index (χ0) is 14.0. The van der Waals surface area contributed by atoms with Crippen molar-refractivity contribution in [3.05, 3.63) is 23.2 Å². The van der Waals surface area contributed by atoms with Gasteiger partial charge in [-0.1, -0.05) is 11.6 Å². The summed E-state index contributed by atoms with van der Waals surface area (Å²) in [5.74, 6) is 0.276. The summed E-state index contributed by atoms with van der Waals surface area (Å²) in [7, 11) is -2.12. The van der Waals surface area contributed by atoms with Crippen LogP contribution in [0.1, 0.15) is 6.92 Å². The van der Waals surface area contributed by atoms with Gasteiger partial charge in [0.05, 0.1) is 7.11 Å². The summed E-state index contributed by atoms with van der Waals surface area (Å²) >= 11 is 5.86. The standard InChI is InChI=1S/C12H17ClN2O3S/c1-9-8-14-5-6-15(9)19(16,17)12-4-3-10(13)7-11(12)18-2/h3-4,7,9,14H,5-6,8H2,1-2H3/t9-/m1/s1. The van der Waals surface area contributed by atoms with Gasteiger partial charge < -0.3 is 10.1 Å². The van der Waals surface area contributed by atoms with Crippen LogP contribution in [0.25, 0.3) is 0 Å². The normalized spacial score (nSPS) is 21.3. The average molecular weight is 305 g/mol. The molecule has 0 unspecified atom stereocenters. The topological polar surface area (TPSA) is 58.6 Å². The minimum Gasteiger partial charge on any atom is -0.495 e. The van der Waals surface area contributed by atoms with E-state index in [-0.39, 0.29) is 16.7 Å². The third-order valence-corrected chi connectivity index (χ3v) is 5.44. The molecule has 0 amide bonds. The van der Waals surface area contributed by atoms with Crippen LogP contribution in [0.5, 0.6) is 5.75 Å². The number of benzene rings is 1. The Labute approximate surface area is 118 Å². The van der Waals surface area contributed by atoms with Crippen molar-refractivity contribution in [2.75, 3.05) is 26.7 Å². The Morgan fingerprint density at radius 3 is 2.84 bits per heavy atom. The Morgan fingerprint density at radius 2 is 2.21 bits per heavy atom. The van der Waals surface area contributed by atoms with Gasteiger partial charge in [-0.15, -0.1) is 0 Å². The monoisotopic (exact) mass is 304 g/mol. The van der Waals surface area contributed by atoms with E-state index in [0.29, 0.717) is 24.7 Å². The summed E-state index contributed by atoms with van der Waals surface area (Å²) < 4.78 is 32.0. The second-order valence-electron chi connectivity index (χ2n) is 4.46. The maximum atomic E-state index is 12.7. The van der Waals surface area contributed by atoms with Gasteiger partial charge in [-0.05, 0) is 19.1 Å². The van der Waals surface area contributed by atoms with Crippen LogP contribution >= 0.6 is 11.6 Å². The van der Waals surface area contributed by atoms with Crippen molar-refractivity contribution in [3.63, 3.8) is 0 Å². The minimum atomic E-state index is -3.56. The van der Waals surface area contributed by atoms with Crippen LogP contribution in [-0.2, 0) is 10.0 Å². The van der Waals surface area contributed by atoms with Crippen molar-refractivity contribution in [1.29, 1.82) is 0 Å². The van der Waals surface area contributed by atoms with Gasteiger partial charge in [0, 0.05) is 36.8 Å². The molecule has 1 aliphatic rings. The molecule has 0 aromatic heterocycles. The summed E-state index contributed by atoms with van der Waals surface area (Å²) in [6, 6.07) is 4.48. The number of piperazine rings is 1. The Morgan fingerprint density at radius 1 is 1.47 bits per heavy atom. The van der Waals surface area contributed by atoms with E-state index in [0.717, 1.165) is 0 Å². The molecule has 1 fully saturated rings. The molecule has 1 heterocycles. The van der Waals surface area contributed by atoms with E-state index in [1.165, 1.54) is 23.5 Å². The quantitative estimate of drug-likeness (QED) is 0.915. The van der Waals surface area contributed by atoms with Gasteiger partial charge in [0.1, 0.15) is 10.6 Å². The predicted octanol–water partition coefficient (Wildman–Crippen LogP) is 1.33. The second-order valence-corrected chi connectivity index (χ2v) is 6.76. The molecule has 1 N–H and O–H groups in total. The van der Waals surface area contributed by atoms with Gasteiger partial charge in [0.15, 0.2) is 0 Å². The minimum absolute atomic E-state index is 0.0841. The Bertz CT molecular complexity index is 562. The van der Waals surface area contributed by atoms with Crippen molar-refractivity contribution in [3.8, 4) is 5.75 Å². The first-order chi connectivity index (χ1) is 8.96. The van der Waals surface area contributed by atoms with Crippen LogP contribution in [0.2, 0.25) is 5.02 Å². The van der Waals surface area contributed by atoms with Gasteiger partial charge in [-0.2, -0.15) is 4.31 Å². The number of methoxy groups -OCH3 is 1. The molecule has 1 aromatic carbocycles. The molecule has 0 radical (unpaired) electrons. The molecule has 19 heavy (non-hydrogen) atoms. The first-order valence-corrected chi connectivity index (χ1v) is 7.84. The van der Waals surface area contributed by atoms with E-state index in [9.17, 15) is 8.42 Å². The molecule has 0 bridgehead atoms. The van der Waals surface area contributed by atoms with Crippen molar-refractivity contribution < 1.29 is 13.2 Å². The highest BCUT2D eigenvalue weighted by atomic mass is 35.5. The van der Waals surface area contributed by atoms with Crippen molar-refractivity contribution >= 4 is 21.6 Å². The van der Waals surface area contributed by atoms with Crippen LogP contribution in [0.4, 0.5) is 0 Å². The number of halogens is 1. The number of nitrogens with zero attached hydrogens (tertiary/aromatic N) is 1. The van der Waals surface area contributed by atoms with Crippen LogP contribution in [-0.4, -0.2) is 45.5 Å². The summed E-state index contributed by atoms with van der Waals surface area (Å²) in [4.78, 5) is 0.160. The van der Waals surface area contributed by atoms with Gasteiger partial charge >= 0.3 is 0 Å². The van der Waals surface area contributed by atoms with Gasteiger partial charge in [-0.3, -0.25) is 0 Å². The first-order valence-electron chi connectivity index (χ1n) is 6.03. The molecule has 1 aromatic rings. The average Bonchev–Trinajstić information content (AvgIpc) is 2.38. The number of rotatable bonds is 3. The summed E-state index contributed by atoms with van der Waals surface area (Å²) in [5, 5.41) is 3.62. The lowest BCUT2D eigenvalue weighted by Gasteiger charge is -2.33. The number of nitrogens with one attached hydrogen (secondary N) is 1. The molecule has 0 saturated carbocycles. The van der Waals surface area contributed by atoms with E-state index in [1.807, 2.05) is 6.92 Å². The highest BCUT2D eigenvalue weighted by Crippen LogP contribution is 2.30. The second kappa shape index (κ2) is 5.66. The van der Waals surface area contributed by atoms with Gasteiger partial charge in [0.2, 0.25) is 10.0 Å². The van der Waals surface area contributed by atoms with Gasteiger partial charge in [-0.25, -0.2) is 8.42 Å². The smallest absolute Gasteiger partial charge is 0.247 e. The number of hydrogen-bond acceptors (Lipinski definition) is 4. The van der Waals surface area contributed by atoms with Crippen molar-refractivity contribution in [2.45, 2.75) is 17.9 Å². The fraction of sp³-hybridized carbons (Fsp3) is 0.500. The molecule has 2 rings (SSSR count). The van der Waals surface area contributed by atoms with E-state index in [2.05, 4.69) is 5.32 Å². The van der Waals surface area contributed by atoms with E-state index in [1.54, 1.807) is 6.07 Å². The van der Waals surface area contributed by atoms with Crippen LogP contribution < -0.4 is 10.1 Å². The molecular formula is C12H17ClN2O3S. The van der Waals surface area contributed by atoms with E-state index in [4.69, 9.17) is 16.3 Å². The molecule has 1 atom stereocenters. The number of hydrogen-bond donors (Lipinski definition) is 1.